The first-order chi connectivity index (χ1) is 12.7. The van der Waals surface area contributed by atoms with Crippen molar-refractivity contribution in [2.24, 2.45) is 5.10 Å². The maximum Gasteiger partial charge on any atom is 0.221 e. The second kappa shape index (κ2) is 8.82. The highest BCUT2D eigenvalue weighted by atomic mass is 16.5. The molecule has 1 aliphatic heterocycles. The Morgan fingerprint density at radius 3 is 2.62 bits per heavy atom. The molecule has 140 valence electrons. The second-order valence-electron chi connectivity index (χ2n) is 6.49. The summed E-state index contributed by atoms with van der Waals surface area (Å²) in [6, 6.07) is 7.90. The van der Waals surface area contributed by atoms with Crippen LogP contribution in [0.2, 0.25) is 0 Å². The van der Waals surface area contributed by atoms with Crippen molar-refractivity contribution in [1.29, 1.82) is 0 Å². The lowest BCUT2D eigenvalue weighted by molar-refractivity contribution is 0.121. The van der Waals surface area contributed by atoms with E-state index in [9.17, 15) is 0 Å². The topological polar surface area (TPSA) is 71.9 Å². The molecule has 2 aromatic rings. The lowest BCUT2D eigenvalue weighted by Crippen LogP contribution is -2.47. The van der Waals surface area contributed by atoms with Gasteiger partial charge in [-0.25, -0.2) is 9.66 Å². The van der Waals surface area contributed by atoms with E-state index in [1.165, 1.54) is 0 Å². The molecule has 7 heteroatoms. The molecule has 0 radical (unpaired) electrons. The summed E-state index contributed by atoms with van der Waals surface area (Å²) in [6.07, 6.45) is 3.55. The lowest BCUT2D eigenvalue weighted by Gasteiger charge is -2.33. The number of imidazole rings is 1. The number of aryl methyl sites for hydroxylation is 1. The van der Waals surface area contributed by atoms with Crippen LogP contribution in [-0.4, -0.2) is 71.5 Å². The van der Waals surface area contributed by atoms with Crippen molar-refractivity contribution in [3.8, 4) is 5.75 Å². The van der Waals surface area contributed by atoms with Gasteiger partial charge in [-0.05, 0) is 25.6 Å². The van der Waals surface area contributed by atoms with E-state index in [0.29, 0.717) is 12.6 Å². The number of hydrogen-bond acceptors (Lipinski definition) is 6. The van der Waals surface area contributed by atoms with Crippen LogP contribution in [-0.2, 0) is 0 Å². The predicted molar refractivity (Wildman–Crippen MR) is 105 cm³/mol. The van der Waals surface area contributed by atoms with Crippen molar-refractivity contribution in [2.75, 3.05) is 51.6 Å². The van der Waals surface area contributed by atoms with Crippen molar-refractivity contribution in [2.45, 2.75) is 13.8 Å². The average Bonchev–Trinajstić information content (AvgIpc) is 2.98. The summed E-state index contributed by atoms with van der Waals surface area (Å²) < 4.78 is 7.58. The number of rotatable bonds is 7. The minimum absolute atomic E-state index is 0.378. The third-order valence-corrected chi connectivity index (χ3v) is 4.65. The van der Waals surface area contributed by atoms with Crippen molar-refractivity contribution >= 4 is 12.2 Å². The normalized spacial score (nSPS) is 16.4. The summed E-state index contributed by atoms with van der Waals surface area (Å²) in [4.78, 5) is 9.08. The Morgan fingerprint density at radius 1 is 1.19 bits per heavy atom. The molecule has 26 heavy (non-hydrogen) atoms. The van der Waals surface area contributed by atoms with Gasteiger partial charge in [0.25, 0.3) is 0 Å². The molecule has 0 saturated carbocycles. The number of para-hydroxylation sites is 1. The molecule has 1 aromatic carbocycles. The van der Waals surface area contributed by atoms with Gasteiger partial charge in [0.15, 0.2) is 0 Å². The molecule has 1 saturated heterocycles. The largest absolute Gasteiger partial charge is 0.492 e. The quantitative estimate of drug-likeness (QED) is 0.764. The molecule has 7 nitrogen and oxygen atoms in total. The van der Waals surface area contributed by atoms with Crippen molar-refractivity contribution in [3.05, 3.63) is 41.7 Å². The summed E-state index contributed by atoms with van der Waals surface area (Å²) in [5.41, 5.74) is 7.59. The highest BCUT2D eigenvalue weighted by Gasteiger charge is 2.15. The average molecular weight is 356 g/mol. The number of hydrogen-bond donors (Lipinski definition) is 1. The van der Waals surface area contributed by atoms with E-state index in [4.69, 9.17) is 10.5 Å². The van der Waals surface area contributed by atoms with Crippen molar-refractivity contribution in [3.63, 3.8) is 0 Å². The Labute approximate surface area is 155 Å². The molecule has 1 aliphatic rings. The van der Waals surface area contributed by atoms with E-state index in [2.05, 4.69) is 26.8 Å². The van der Waals surface area contributed by atoms with Crippen LogP contribution in [0.1, 0.15) is 18.2 Å². The number of aromatic nitrogens is 2. The SMILES string of the molecule is CCN1CCN(CCOc2ccccc2C=Nn2cc(C)nc2N)CC1. The molecule has 0 bridgehead atoms. The third kappa shape index (κ3) is 4.83. The van der Waals surface area contributed by atoms with Gasteiger partial charge in [-0.15, -0.1) is 0 Å². The molecule has 1 fully saturated rings. The molecule has 0 aliphatic carbocycles. The smallest absolute Gasteiger partial charge is 0.221 e. The molecule has 0 amide bonds. The van der Waals surface area contributed by atoms with Gasteiger partial charge in [0, 0.05) is 38.3 Å². The van der Waals surface area contributed by atoms with Crippen molar-refractivity contribution in [1.82, 2.24) is 19.5 Å². The van der Waals surface area contributed by atoms with E-state index in [-0.39, 0.29) is 0 Å². The second-order valence-corrected chi connectivity index (χ2v) is 6.49. The fraction of sp³-hybridized carbons (Fsp3) is 0.474. The van der Waals surface area contributed by atoms with Gasteiger partial charge in [-0.1, -0.05) is 19.1 Å². The maximum atomic E-state index is 6.01. The highest BCUT2D eigenvalue weighted by molar-refractivity contribution is 5.83. The number of piperazine rings is 1. The van der Waals surface area contributed by atoms with Crippen LogP contribution in [0.5, 0.6) is 5.75 Å². The summed E-state index contributed by atoms with van der Waals surface area (Å²) >= 11 is 0. The third-order valence-electron chi connectivity index (χ3n) is 4.65. The summed E-state index contributed by atoms with van der Waals surface area (Å²) in [5, 5.41) is 4.38. The van der Waals surface area contributed by atoms with Crippen molar-refractivity contribution < 1.29 is 4.74 Å². The zero-order valence-corrected chi connectivity index (χ0v) is 15.6. The van der Waals surface area contributed by atoms with Gasteiger partial charge in [0.2, 0.25) is 5.95 Å². The van der Waals surface area contributed by atoms with Crippen LogP contribution in [0.4, 0.5) is 5.95 Å². The minimum atomic E-state index is 0.378. The molecule has 2 heterocycles. The number of ether oxygens (including phenoxy) is 1. The van der Waals surface area contributed by atoms with E-state index in [1.54, 1.807) is 17.1 Å². The summed E-state index contributed by atoms with van der Waals surface area (Å²) in [7, 11) is 0. The Bertz CT molecular complexity index is 733. The van der Waals surface area contributed by atoms with Gasteiger partial charge in [-0.2, -0.15) is 5.10 Å². The molecule has 0 unspecified atom stereocenters. The van der Waals surface area contributed by atoms with Crippen LogP contribution in [0.25, 0.3) is 0 Å². The standard InChI is InChI=1S/C19H28N6O/c1-3-23-8-10-24(11-9-23)12-13-26-18-7-5-4-6-17(18)14-21-25-15-16(2)22-19(25)20/h4-7,14-15H,3,8-13H2,1-2H3,(H2,20,22). The Morgan fingerprint density at radius 2 is 1.92 bits per heavy atom. The Balaban J connectivity index is 1.55. The number of likely N-dealkylation sites (N-methyl/N-ethyl adjacent to an activating group) is 1. The lowest BCUT2D eigenvalue weighted by atomic mass is 10.2. The fourth-order valence-electron chi connectivity index (χ4n) is 3.05. The molecule has 0 spiro atoms. The summed E-state index contributed by atoms with van der Waals surface area (Å²) in [6.45, 7) is 11.4. The van der Waals surface area contributed by atoms with Crippen LogP contribution < -0.4 is 10.5 Å². The van der Waals surface area contributed by atoms with Gasteiger partial charge < -0.3 is 15.4 Å². The summed E-state index contributed by atoms with van der Waals surface area (Å²) in [5.74, 6) is 1.21. The molecular weight excluding hydrogens is 328 g/mol. The first-order valence-corrected chi connectivity index (χ1v) is 9.18. The van der Waals surface area contributed by atoms with E-state index < -0.39 is 0 Å². The van der Waals surface area contributed by atoms with Gasteiger partial charge >= 0.3 is 0 Å². The molecule has 3 rings (SSSR count). The number of nitrogen functional groups attached to an aromatic ring is 1. The fourth-order valence-corrected chi connectivity index (χ4v) is 3.05. The number of nitrogens with zero attached hydrogens (tertiary/aromatic N) is 5. The first kappa shape index (κ1) is 18.4. The monoisotopic (exact) mass is 356 g/mol. The Hall–Kier alpha value is -2.38. The Kier molecular flexibility index (Phi) is 6.25. The van der Waals surface area contributed by atoms with Crippen LogP contribution in [0, 0.1) is 6.92 Å². The molecule has 0 atom stereocenters. The number of nitrogens with two attached hydrogens (primary N) is 1. The highest BCUT2D eigenvalue weighted by Crippen LogP contribution is 2.16. The van der Waals surface area contributed by atoms with E-state index in [1.807, 2.05) is 31.2 Å². The van der Waals surface area contributed by atoms with Gasteiger partial charge in [-0.3, -0.25) is 4.90 Å². The number of benzene rings is 1. The minimum Gasteiger partial charge on any atom is -0.492 e. The van der Waals surface area contributed by atoms with Crippen LogP contribution in [0.3, 0.4) is 0 Å². The molecule has 1 aromatic heterocycles. The number of anilines is 1. The van der Waals surface area contributed by atoms with Crippen LogP contribution >= 0.6 is 0 Å². The van der Waals surface area contributed by atoms with E-state index >= 15 is 0 Å². The maximum absolute atomic E-state index is 6.01. The zero-order valence-electron chi connectivity index (χ0n) is 15.6. The van der Waals surface area contributed by atoms with Crippen LogP contribution in [0.15, 0.2) is 35.6 Å². The first-order valence-electron chi connectivity index (χ1n) is 9.18. The molecule has 2 N–H and O–H groups in total. The predicted octanol–water partition coefficient (Wildman–Crippen LogP) is 1.67. The van der Waals surface area contributed by atoms with Gasteiger partial charge in [0.05, 0.1) is 18.1 Å². The zero-order chi connectivity index (χ0) is 18.4. The van der Waals surface area contributed by atoms with Gasteiger partial charge in [0.1, 0.15) is 12.4 Å². The van der Waals surface area contributed by atoms with E-state index in [0.717, 1.165) is 56.3 Å². The molecular formula is C19H28N6O.